The van der Waals surface area contributed by atoms with Crippen LogP contribution in [0, 0.1) is 5.92 Å². The first-order valence-electron chi connectivity index (χ1n) is 6.26. The SMILES string of the molecule is COc1ccc(N2C(=O)C(C)C2C2OC2C)cc1. The lowest BCUT2D eigenvalue weighted by atomic mass is 9.85. The largest absolute Gasteiger partial charge is 0.497 e. The van der Waals surface area contributed by atoms with E-state index in [1.807, 2.05) is 43.0 Å². The van der Waals surface area contributed by atoms with Crippen molar-refractivity contribution in [2.24, 2.45) is 5.92 Å². The van der Waals surface area contributed by atoms with Gasteiger partial charge in [0, 0.05) is 5.69 Å². The minimum atomic E-state index is 0.0575. The van der Waals surface area contributed by atoms with Gasteiger partial charge in [0.05, 0.1) is 25.2 Å². The molecule has 2 aliphatic heterocycles. The molecule has 1 amide bonds. The van der Waals surface area contributed by atoms with E-state index < -0.39 is 0 Å². The molecule has 0 aliphatic carbocycles. The van der Waals surface area contributed by atoms with Gasteiger partial charge in [-0.1, -0.05) is 6.92 Å². The lowest BCUT2D eigenvalue weighted by Crippen LogP contribution is -2.63. The van der Waals surface area contributed by atoms with E-state index >= 15 is 0 Å². The molecule has 0 N–H and O–H groups in total. The molecule has 2 saturated heterocycles. The summed E-state index contributed by atoms with van der Waals surface area (Å²) in [6.45, 7) is 4.02. The number of hydrogen-bond donors (Lipinski definition) is 0. The third kappa shape index (κ3) is 1.60. The van der Waals surface area contributed by atoms with Crippen LogP contribution in [-0.4, -0.2) is 31.3 Å². The van der Waals surface area contributed by atoms with Crippen molar-refractivity contribution in [3.8, 4) is 5.75 Å². The number of carbonyl (C=O) groups is 1. The van der Waals surface area contributed by atoms with Crippen LogP contribution < -0.4 is 9.64 Å². The van der Waals surface area contributed by atoms with Crippen molar-refractivity contribution in [1.29, 1.82) is 0 Å². The van der Waals surface area contributed by atoms with Gasteiger partial charge in [-0.15, -0.1) is 0 Å². The van der Waals surface area contributed by atoms with E-state index in [4.69, 9.17) is 9.47 Å². The molecule has 4 unspecified atom stereocenters. The topological polar surface area (TPSA) is 42.1 Å². The first-order chi connectivity index (χ1) is 8.63. The second-order valence-corrected chi connectivity index (χ2v) is 4.99. The fourth-order valence-electron chi connectivity index (χ4n) is 2.69. The van der Waals surface area contributed by atoms with Gasteiger partial charge < -0.3 is 14.4 Å². The Morgan fingerprint density at radius 3 is 2.33 bits per heavy atom. The average molecular weight is 247 g/mol. The number of β-lactam (4-membered cyclic amide) rings is 1. The molecule has 3 rings (SSSR count). The van der Waals surface area contributed by atoms with E-state index in [1.54, 1.807) is 7.11 Å². The zero-order chi connectivity index (χ0) is 12.9. The van der Waals surface area contributed by atoms with Crippen LogP contribution in [-0.2, 0) is 9.53 Å². The number of benzene rings is 1. The Kier molecular flexibility index (Phi) is 2.55. The number of nitrogens with zero attached hydrogens (tertiary/aromatic N) is 1. The third-order valence-electron chi connectivity index (χ3n) is 3.88. The summed E-state index contributed by atoms with van der Waals surface area (Å²) in [5.74, 6) is 1.03. The summed E-state index contributed by atoms with van der Waals surface area (Å²) < 4.78 is 10.6. The predicted octanol–water partition coefficient (Wildman–Crippen LogP) is 1.83. The summed E-state index contributed by atoms with van der Waals surface area (Å²) in [4.78, 5) is 13.9. The quantitative estimate of drug-likeness (QED) is 0.604. The molecule has 2 aliphatic rings. The van der Waals surface area contributed by atoms with Crippen LogP contribution in [0.2, 0.25) is 0 Å². The van der Waals surface area contributed by atoms with Crippen LogP contribution in [0.4, 0.5) is 5.69 Å². The van der Waals surface area contributed by atoms with E-state index in [0.717, 1.165) is 11.4 Å². The number of rotatable bonds is 3. The van der Waals surface area contributed by atoms with Gasteiger partial charge in [-0.2, -0.15) is 0 Å². The van der Waals surface area contributed by atoms with Crippen molar-refractivity contribution in [3.63, 3.8) is 0 Å². The van der Waals surface area contributed by atoms with Crippen LogP contribution in [0.5, 0.6) is 5.75 Å². The molecule has 96 valence electrons. The highest BCUT2D eigenvalue weighted by Crippen LogP contribution is 2.42. The average Bonchev–Trinajstić information content (AvgIpc) is 3.11. The van der Waals surface area contributed by atoms with Gasteiger partial charge in [0.1, 0.15) is 11.9 Å². The highest BCUT2D eigenvalue weighted by molar-refractivity contribution is 6.03. The molecule has 2 fully saturated rings. The first kappa shape index (κ1) is 11.5. The molecular weight excluding hydrogens is 230 g/mol. The molecule has 0 aromatic heterocycles. The molecule has 0 radical (unpaired) electrons. The number of ether oxygens (including phenoxy) is 2. The van der Waals surface area contributed by atoms with Gasteiger partial charge in [0.25, 0.3) is 0 Å². The van der Waals surface area contributed by atoms with Gasteiger partial charge in [-0.25, -0.2) is 0 Å². The molecule has 4 heteroatoms. The molecule has 0 spiro atoms. The zero-order valence-electron chi connectivity index (χ0n) is 10.8. The number of epoxide rings is 1. The number of hydrogen-bond acceptors (Lipinski definition) is 3. The first-order valence-corrected chi connectivity index (χ1v) is 6.26. The molecule has 18 heavy (non-hydrogen) atoms. The van der Waals surface area contributed by atoms with Crippen molar-refractivity contribution >= 4 is 11.6 Å². The number of carbonyl (C=O) groups excluding carboxylic acids is 1. The maximum absolute atomic E-state index is 12.0. The summed E-state index contributed by atoms with van der Waals surface area (Å²) in [7, 11) is 1.63. The van der Waals surface area contributed by atoms with Crippen LogP contribution >= 0.6 is 0 Å². The van der Waals surface area contributed by atoms with Crippen LogP contribution in [0.15, 0.2) is 24.3 Å². The number of methoxy groups -OCH3 is 1. The van der Waals surface area contributed by atoms with Crippen molar-refractivity contribution < 1.29 is 14.3 Å². The highest BCUT2D eigenvalue weighted by Gasteiger charge is 2.56. The lowest BCUT2D eigenvalue weighted by Gasteiger charge is -2.45. The molecule has 2 heterocycles. The smallest absolute Gasteiger partial charge is 0.232 e. The van der Waals surface area contributed by atoms with E-state index in [0.29, 0.717) is 0 Å². The summed E-state index contributed by atoms with van der Waals surface area (Å²) in [5, 5.41) is 0. The summed E-state index contributed by atoms with van der Waals surface area (Å²) in [6, 6.07) is 7.77. The minimum Gasteiger partial charge on any atom is -0.497 e. The fraction of sp³-hybridized carbons (Fsp3) is 0.500. The number of anilines is 1. The second kappa shape index (κ2) is 3.99. The Hall–Kier alpha value is -1.55. The highest BCUT2D eigenvalue weighted by atomic mass is 16.6. The fourth-order valence-corrected chi connectivity index (χ4v) is 2.69. The standard InChI is InChI=1S/C14H17NO3/c1-8-12(13-9(2)18-13)15(14(8)16)10-4-6-11(17-3)7-5-10/h4-9,12-13H,1-3H3. The van der Waals surface area contributed by atoms with E-state index in [9.17, 15) is 4.79 Å². The van der Waals surface area contributed by atoms with E-state index in [1.165, 1.54) is 0 Å². The van der Waals surface area contributed by atoms with Gasteiger partial charge in [0.2, 0.25) is 5.91 Å². The second-order valence-electron chi connectivity index (χ2n) is 4.99. The maximum Gasteiger partial charge on any atom is 0.232 e. The van der Waals surface area contributed by atoms with Crippen LogP contribution in [0.25, 0.3) is 0 Å². The Morgan fingerprint density at radius 2 is 1.83 bits per heavy atom. The maximum atomic E-state index is 12.0. The number of amides is 1. The molecule has 4 nitrogen and oxygen atoms in total. The molecular formula is C14H17NO3. The normalized spacial score (nSPS) is 34.2. The Morgan fingerprint density at radius 1 is 1.22 bits per heavy atom. The van der Waals surface area contributed by atoms with Crippen molar-refractivity contribution in [2.75, 3.05) is 12.0 Å². The van der Waals surface area contributed by atoms with Crippen LogP contribution in [0.1, 0.15) is 13.8 Å². The third-order valence-corrected chi connectivity index (χ3v) is 3.88. The van der Waals surface area contributed by atoms with E-state index in [-0.39, 0.29) is 30.1 Å². The lowest BCUT2D eigenvalue weighted by molar-refractivity contribution is -0.129. The van der Waals surface area contributed by atoms with Crippen molar-refractivity contribution in [2.45, 2.75) is 32.1 Å². The summed E-state index contributed by atoms with van der Waals surface area (Å²) in [6.07, 6.45) is 0.464. The van der Waals surface area contributed by atoms with Gasteiger partial charge in [-0.05, 0) is 31.2 Å². The predicted molar refractivity (Wildman–Crippen MR) is 67.8 cm³/mol. The minimum absolute atomic E-state index is 0.0575. The molecule has 4 atom stereocenters. The van der Waals surface area contributed by atoms with Crippen LogP contribution in [0.3, 0.4) is 0 Å². The Balaban J connectivity index is 1.83. The Labute approximate surface area is 106 Å². The van der Waals surface area contributed by atoms with Crippen molar-refractivity contribution in [1.82, 2.24) is 0 Å². The molecule has 1 aromatic rings. The molecule has 0 saturated carbocycles. The van der Waals surface area contributed by atoms with Gasteiger partial charge >= 0.3 is 0 Å². The van der Waals surface area contributed by atoms with Gasteiger partial charge in [-0.3, -0.25) is 4.79 Å². The monoisotopic (exact) mass is 247 g/mol. The zero-order valence-corrected chi connectivity index (χ0v) is 10.8. The molecule has 0 bridgehead atoms. The van der Waals surface area contributed by atoms with Crippen molar-refractivity contribution in [3.05, 3.63) is 24.3 Å². The summed E-state index contributed by atoms with van der Waals surface area (Å²) in [5.41, 5.74) is 0.923. The summed E-state index contributed by atoms with van der Waals surface area (Å²) >= 11 is 0. The molecule has 1 aromatic carbocycles. The van der Waals surface area contributed by atoms with Gasteiger partial charge in [0.15, 0.2) is 0 Å². The van der Waals surface area contributed by atoms with E-state index in [2.05, 4.69) is 0 Å². The Bertz CT molecular complexity index is 470.